The smallest absolute Gasteiger partial charge is 0.283 e. The molecule has 4 heterocycles. The first-order valence-corrected chi connectivity index (χ1v) is 9.98. The van der Waals surface area contributed by atoms with E-state index >= 15 is 0 Å². The van der Waals surface area contributed by atoms with Gasteiger partial charge in [0.25, 0.3) is 11.5 Å². The zero-order valence-electron chi connectivity index (χ0n) is 17.4. The standard InChI is InChI=1S/C22H21F2N5O.2ClH/c1-14-2-3-17-8-15(9-18(17)26-14)11-28-12-22(23,24)13-29-20(30)10-19(27-21(28)29)16-4-6-25-7-5-16;;/h2-7,10,15H,8-9,11-13H2,1H3;2*1H. The van der Waals surface area contributed by atoms with Crippen LogP contribution in [0.15, 0.2) is 47.5 Å². The maximum Gasteiger partial charge on any atom is 0.283 e. The van der Waals surface area contributed by atoms with Crippen LogP contribution in [0.4, 0.5) is 14.7 Å². The van der Waals surface area contributed by atoms with Gasteiger partial charge in [-0.05, 0) is 49.4 Å². The number of fused-ring (bicyclic) bond motifs is 2. The van der Waals surface area contributed by atoms with Crippen LogP contribution in [0.5, 0.6) is 0 Å². The van der Waals surface area contributed by atoms with Gasteiger partial charge in [0.2, 0.25) is 5.95 Å². The van der Waals surface area contributed by atoms with Gasteiger partial charge in [-0.25, -0.2) is 13.8 Å². The lowest BCUT2D eigenvalue weighted by molar-refractivity contribution is -0.0182. The van der Waals surface area contributed by atoms with Crippen molar-refractivity contribution in [2.24, 2.45) is 5.92 Å². The Labute approximate surface area is 196 Å². The van der Waals surface area contributed by atoms with E-state index in [4.69, 9.17) is 0 Å². The van der Waals surface area contributed by atoms with Crippen LogP contribution in [0.3, 0.4) is 0 Å². The Hall–Kier alpha value is -2.58. The Morgan fingerprint density at radius 3 is 2.56 bits per heavy atom. The molecule has 0 aromatic carbocycles. The Morgan fingerprint density at radius 2 is 1.81 bits per heavy atom. The normalized spacial score (nSPS) is 18.2. The third kappa shape index (κ3) is 4.61. The highest BCUT2D eigenvalue weighted by molar-refractivity contribution is 5.85. The quantitative estimate of drug-likeness (QED) is 0.570. The first kappa shape index (κ1) is 24.1. The average molecular weight is 482 g/mol. The number of aromatic nitrogens is 4. The molecule has 0 saturated heterocycles. The molecule has 0 N–H and O–H groups in total. The van der Waals surface area contributed by atoms with E-state index in [1.165, 1.54) is 11.6 Å². The number of hydrogen-bond acceptors (Lipinski definition) is 5. The van der Waals surface area contributed by atoms with Crippen LogP contribution in [-0.2, 0) is 19.4 Å². The van der Waals surface area contributed by atoms with Gasteiger partial charge in [-0.15, -0.1) is 24.8 Å². The van der Waals surface area contributed by atoms with Gasteiger partial charge in [0.05, 0.1) is 18.8 Å². The fraction of sp³-hybridized carbons (Fsp3) is 0.364. The summed E-state index contributed by atoms with van der Waals surface area (Å²) in [6, 6.07) is 8.87. The van der Waals surface area contributed by atoms with E-state index in [0.29, 0.717) is 18.2 Å². The summed E-state index contributed by atoms with van der Waals surface area (Å²) in [6.07, 6.45) is 4.77. The minimum absolute atomic E-state index is 0. The monoisotopic (exact) mass is 481 g/mol. The first-order chi connectivity index (χ1) is 14.4. The molecule has 0 spiro atoms. The topological polar surface area (TPSA) is 63.9 Å². The van der Waals surface area contributed by atoms with Crippen molar-refractivity contribution in [2.75, 3.05) is 18.0 Å². The van der Waals surface area contributed by atoms with Gasteiger partial charge in [0, 0.05) is 42.0 Å². The van der Waals surface area contributed by atoms with Crippen molar-refractivity contribution >= 4 is 30.8 Å². The lowest BCUT2D eigenvalue weighted by atomic mass is 10.1. The van der Waals surface area contributed by atoms with Crippen molar-refractivity contribution in [2.45, 2.75) is 32.2 Å². The largest absolute Gasteiger partial charge is 0.336 e. The van der Waals surface area contributed by atoms with Crippen molar-refractivity contribution in [3.05, 3.63) is 70.0 Å². The molecule has 10 heteroatoms. The zero-order chi connectivity index (χ0) is 20.9. The minimum atomic E-state index is -2.99. The van der Waals surface area contributed by atoms with E-state index in [-0.39, 0.29) is 30.7 Å². The third-order valence-electron chi connectivity index (χ3n) is 5.74. The molecule has 5 rings (SSSR count). The molecule has 3 aromatic heterocycles. The summed E-state index contributed by atoms with van der Waals surface area (Å²) in [5.74, 6) is -2.53. The molecule has 1 aliphatic carbocycles. The maximum atomic E-state index is 14.5. The Morgan fingerprint density at radius 1 is 1.06 bits per heavy atom. The van der Waals surface area contributed by atoms with Crippen LogP contribution < -0.4 is 10.5 Å². The molecule has 0 saturated carbocycles. The molecular weight excluding hydrogens is 459 g/mol. The van der Waals surface area contributed by atoms with Crippen molar-refractivity contribution in [3.8, 4) is 11.3 Å². The first-order valence-electron chi connectivity index (χ1n) is 9.98. The van der Waals surface area contributed by atoms with Crippen molar-refractivity contribution in [1.82, 2.24) is 19.5 Å². The molecule has 0 fully saturated rings. The molecule has 1 aliphatic heterocycles. The number of hydrogen-bond donors (Lipinski definition) is 0. The van der Waals surface area contributed by atoms with Gasteiger partial charge in [-0.2, -0.15) is 0 Å². The van der Waals surface area contributed by atoms with E-state index in [1.54, 1.807) is 29.4 Å². The van der Waals surface area contributed by atoms with Gasteiger partial charge >= 0.3 is 0 Å². The summed E-state index contributed by atoms with van der Waals surface area (Å²) in [5, 5.41) is 0. The van der Waals surface area contributed by atoms with E-state index in [0.717, 1.165) is 34.4 Å². The fourth-order valence-electron chi connectivity index (χ4n) is 4.43. The Balaban J connectivity index is 0.00000144. The van der Waals surface area contributed by atoms with Gasteiger partial charge in [0.15, 0.2) is 0 Å². The van der Waals surface area contributed by atoms with Crippen LogP contribution >= 0.6 is 24.8 Å². The second-order valence-corrected chi connectivity index (χ2v) is 8.17. The SMILES string of the molecule is Cc1ccc2c(n1)CC(CN1CC(F)(F)Cn3c1nc(-c1ccncc1)cc3=O)C2.Cl.Cl. The molecule has 0 radical (unpaired) electrons. The lowest BCUT2D eigenvalue weighted by Gasteiger charge is -2.36. The van der Waals surface area contributed by atoms with Gasteiger partial charge < -0.3 is 4.90 Å². The Kier molecular flexibility index (Phi) is 6.86. The summed E-state index contributed by atoms with van der Waals surface area (Å²) >= 11 is 0. The summed E-state index contributed by atoms with van der Waals surface area (Å²) in [6.45, 7) is 1.26. The number of rotatable bonds is 3. The van der Waals surface area contributed by atoms with Gasteiger partial charge in [0.1, 0.15) is 0 Å². The Bertz CT molecular complexity index is 1170. The van der Waals surface area contributed by atoms with Crippen LogP contribution in [0.2, 0.25) is 0 Å². The van der Waals surface area contributed by atoms with E-state index in [9.17, 15) is 13.6 Å². The number of anilines is 1. The van der Waals surface area contributed by atoms with Crippen molar-refractivity contribution in [1.29, 1.82) is 0 Å². The summed E-state index contributed by atoms with van der Waals surface area (Å²) in [7, 11) is 0. The van der Waals surface area contributed by atoms with Crippen LogP contribution in [-0.4, -0.2) is 38.5 Å². The van der Waals surface area contributed by atoms with Gasteiger partial charge in [-0.1, -0.05) is 6.07 Å². The van der Waals surface area contributed by atoms with Gasteiger partial charge in [-0.3, -0.25) is 19.3 Å². The zero-order valence-corrected chi connectivity index (χ0v) is 19.0. The van der Waals surface area contributed by atoms with Crippen LogP contribution in [0.1, 0.15) is 17.0 Å². The second-order valence-electron chi connectivity index (χ2n) is 8.17. The van der Waals surface area contributed by atoms with Crippen molar-refractivity contribution < 1.29 is 8.78 Å². The average Bonchev–Trinajstić information content (AvgIpc) is 3.10. The molecule has 0 amide bonds. The predicted molar refractivity (Wildman–Crippen MR) is 123 cm³/mol. The summed E-state index contributed by atoms with van der Waals surface area (Å²) < 4.78 is 30.0. The molecule has 3 aromatic rings. The number of pyridine rings is 2. The molecule has 1 unspecified atom stereocenters. The lowest BCUT2D eigenvalue weighted by Crippen LogP contribution is -2.51. The molecule has 1 atom stereocenters. The highest BCUT2D eigenvalue weighted by Crippen LogP contribution is 2.32. The van der Waals surface area contributed by atoms with Crippen LogP contribution in [0, 0.1) is 12.8 Å². The molecule has 0 bridgehead atoms. The van der Waals surface area contributed by atoms with E-state index < -0.39 is 24.6 Å². The molecule has 170 valence electrons. The molecular formula is C22H23Cl2F2N5O. The number of aryl methyl sites for hydroxylation is 1. The molecule has 2 aliphatic rings. The predicted octanol–water partition coefficient (Wildman–Crippen LogP) is 3.72. The van der Waals surface area contributed by atoms with Crippen LogP contribution in [0.25, 0.3) is 11.3 Å². The van der Waals surface area contributed by atoms with Crippen molar-refractivity contribution in [3.63, 3.8) is 0 Å². The summed E-state index contributed by atoms with van der Waals surface area (Å²) in [4.78, 5) is 27.4. The molecule has 6 nitrogen and oxygen atoms in total. The van der Waals surface area contributed by atoms with E-state index in [1.807, 2.05) is 13.0 Å². The molecule has 32 heavy (non-hydrogen) atoms. The highest BCUT2D eigenvalue weighted by atomic mass is 35.5. The second kappa shape index (κ2) is 9.11. The number of alkyl halides is 2. The minimum Gasteiger partial charge on any atom is -0.336 e. The number of nitrogens with zero attached hydrogens (tertiary/aromatic N) is 5. The summed E-state index contributed by atoms with van der Waals surface area (Å²) in [5.41, 5.74) is 3.90. The third-order valence-corrected chi connectivity index (χ3v) is 5.74. The number of halogens is 4. The maximum absolute atomic E-state index is 14.5. The van der Waals surface area contributed by atoms with E-state index in [2.05, 4.69) is 21.0 Å². The highest BCUT2D eigenvalue weighted by Gasteiger charge is 2.41. The fourth-order valence-corrected chi connectivity index (χ4v) is 4.43.